The first kappa shape index (κ1) is 11.0. The van der Waals surface area contributed by atoms with Crippen LogP contribution >= 0.6 is 0 Å². The molecule has 0 N–H and O–H groups in total. The van der Waals surface area contributed by atoms with E-state index in [0.717, 1.165) is 25.7 Å². The first-order valence-corrected chi connectivity index (χ1v) is 6.62. The standard InChI is InChI=1S/C14H22F2/c1-12(2,3)13-6-9-4-10(7-13)14(15,16)11(5-9)8-13/h9-11H,4-8H2,1-3H3. The van der Waals surface area contributed by atoms with Gasteiger partial charge in [-0.05, 0) is 48.9 Å². The number of hydrogen-bond donors (Lipinski definition) is 0. The van der Waals surface area contributed by atoms with Crippen molar-refractivity contribution in [3.05, 3.63) is 0 Å². The van der Waals surface area contributed by atoms with Crippen LogP contribution in [0.2, 0.25) is 0 Å². The molecule has 0 aromatic rings. The van der Waals surface area contributed by atoms with E-state index in [1.165, 1.54) is 6.42 Å². The van der Waals surface area contributed by atoms with Gasteiger partial charge < -0.3 is 0 Å². The lowest BCUT2D eigenvalue weighted by atomic mass is 9.42. The Hall–Kier alpha value is -0.140. The van der Waals surface area contributed by atoms with E-state index in [2.05, 4.69) is 20.8 Å². The summed E-state index contributed by atoms with van der Waals surface area (Å²) in [7, 11) is 0. The Bertz CT molecular complexity index is 295. The third kappa shape index (κ3) is 1.19. The number of hydrogen-bond acceptors (Lipinski definition) is 0. The Labute approximate surface area is 96.8 Å². The van der Waals surface area contributed by atoms with E-state index in [4.69, 9.17) is 0 Å². The van der Waals surface area contributed by atoms with E-state index < -0.39 is 5.92 Å². The first-order chi connectivity index (χ1) is 7.25. The molecule has 92 valence electrons. The fourth-order valence-corrected chi connectivity index (χ4v) is 4.82. The molecule has 16 heavy (non-hydrogen) atoms. The quantitative estimate of drug-likeness (QED) is 0.573. The molecule has 0 radical (unpaired) electrons. The molecule has 0 heterocycles. The van der Waals surface area contributed by atoms with Crippen LogP contribution in [-0.2, 0) is 0 Å². The molecule has 0 aromatic heterocycles. The van der Waals surface area contributed by atoms with Gasteiger partial charge in [0.25, 0.3) is 5.92 Å². The SMILES string of the molecule is CC(C)(C)C12CC3CC(C1)C(F)(F)C(C3)C2. The topological polar surface area (TPSA) is 0 Å². The molecule has 4 aliphatic rings. The lowest BCUT2D eigenvalue weighted by Crippen LogP contribution is -2.60. The highest BCUT2D eigenvalue weighted by molar-refractivity contribution is 5.11. The van der Waals surface area contributed by atoms with E-state index >= 15 is 0 Å². The van der Waals surface area contributed by atoms with Crippen LogP contribution < -0.4 is 0 Å². The summed E-state index contributed by atoms with van der Waals surface area (Å²) in [4.78, 5) is 0. The molecule has 4 saturated carbocycles. The molecule has 4 bridgehead atoms. The predicted molar refractivity (Wildman–Crippen MR) is 60.4 cm³/mol. The van der Waals surface area contributed by atoms with Gasteiger partial charge in [0.15, 0.2) is 0 Å². The molecule has 2 unspecified atom stereocenters. The second-order valence-electron chi connectivity index (χ2n) is 7.55. The molecule has 4 aliphatic carbocycles. The maximum absolute atomic E-state index is 14.1. The van der Waals surface area contributed by atoms with Crippen LogP contribution in [0.4, 0.5) is 8.78 Å². The third-order valence-corrected chi connectivity index (χ3v) is 5.87. The van der Waals surface area contributed by atoms with Crippen molar-refractivity contribution in [1.82, 2.24) is 0 Å². The molecule has 0 saturated heterocycles. The van der Waals surface area contributed by atoms with E-state index in [1.807, 2.05) is 0 Å². The van der Waals surface area contributed by atoms with E-state index in [0.29, 0.717) is 5.92 Å². The highest BCUT2D eigenvalue weighted by Crippen LogP contribution is 2.69. The van der Waals surface area contributed by atoms with Gasteiger partial charge in [-0.2, -0.15) is 0 Å². The van der Waals surface area contributed by atoms with Crippen molar-refractivity contribution < 1.29 is 8.78 Å². The average molecular weight is 228 g/mol. The zero-order chi connectivity index (χ0) is 11.8. The number of rotatable bonds is 0. The smallest absolute Gasteiger partial charge is 0.206 e. The van der Waals surface area contributed by atoms with Crippen LogP contribution in [0.25, 0.3) is 0 Å². The van der Waals surface area contributed by atoms with Crippen LogP contribution in [0.5, 0.6) is 0 Å². The highest BCUT2D eigenvalue weighted by atomic mass is 19.3. The van der Waals surface area contributed by atoms with Crippen molar-refractivity contribution in [2.45, 2.75) is 58.8 Å². The lowest BCUT2D eigenvalue weighted by Gasteiger charge is -2.64. The molecule has 4 rings (SSSR count). The summed E-state index contributed by atoms with van der Waals surface area (Å²) in [6.45, 7) is 6.74. The Balaban J connectivity index is 1.99. The number of halogens is 2. The zero-order valence-corrected chi connectivity index (χ0v) is 10.5. The Morgan fingerprint density at radius 2 is 1.44 bits per heavy atom. The van der Waals surface area contributed by atoms with Gasteiger partial charge >= 0.3 is 0 Å². The molecule has 2 heteroatoms. The fraction of sp³-hybridized carbons (Fsp3) is 1.00. The van der Waals surface area contributed by atoms with Crippen LogP contribution in [0, 0.1) is 28.6 Å². The summed E-state index contributed by atoms with van der Waals surface area (Å²) in [5.41, 5.74) is 0.407. The van der Waals surface area contributed by atoms with Crippen LogP contribution in [-0.4, -0.2) is 5.92 Å². The molecule has 4 fully saturated rings. The van der Waals surface area contributed by atoms with Gasteiger partial charge in [-0.25, -0.2) is 8.78 Å². The van der Waals surface area contributed by atoms with E-state index in [9.17, 15) is 8.78 Å². The molecule has 2 atom stereocenters. The third-order valence-electron chi connectivity index (χ3n) is 5.87. The average Bonchev–Trinajstić information content (AvgIpc) is 2.12. The van der Waals surface area contributed by atoms with E-state index in [1.54, 1.807) is 0 Å². The molecular formula is C14H22F2. The van der Waals surface area contributed by atoms with Crippen LogP contribution in [0.15, 0.2) is 0 Å². The fourth-order valence-electron chi connectivity index (χ4n) is 4.82. The second kappa shape index (κ2) is 2.81. The van der Waals surface area contributed by atoms with Crippen molar-refractivity contribution in [3.63, 3.8) is 0 Å². The van der Waals surface area contributed by atoms with Gasteiger partial charge in [0.1, 0.15) is 0 Å². The zero-order valence-electron chi connectivity index (χ0n) is 10.5. The van der Waals surface area contributed by atoms with Gasteiger partial charge in [-0.1, -0.05) is 20.8 Å². The number of alkyl halides is 2. The summed E-state index contributed by atoms with van der Waals surface area (Å²) in [5, 5.41) is 0. The second-order valence-corrected chi connectivity index (χ2v) is 7.55. The van der Waals surface area contributed by atoms with Gasteiger partial charge in [0.2, 0.25) is 0 Å². The summed E-state index contributed by atoms with van der Waals surface area (Å²) in [5.74, 6) is -2.38. The molecule has 0 nitrogen and oxygen atoms in total. The predicted octanol–water partition coefficient (Wildman–Crippen LogP) is 4.49. The van der Waals surface area contributed by atoms with Gasteiger partial charge in [-0.15, -0.1) is 0 Å². The molecule has 0 aromatic carbocycles. The minimum absolute atomic E-state index is 0.194. The Morgan fingerprint density at radius 1 is 0.938 bits per heavy atom. The van der Waals surface area contributed by atoms with Crippen molar-refractivity contribution in [1.29, 1.82) is 0 Å². The van der Waals surface area contributed by atoms with Gasteiger partial charge in [0, 0.05) is 11.8 Å². The summed E-state index contributed by atoms with van der Waals surface area (Å²) >= 11 is 0. The van der Waals surface area contributed by atoms with Gasteiger partial charge in [0.05, 0.1) is 0 Å². The lowest BCUT2D eigenvalue weighted by molar-refractivity contribution is -0.246. The molecule has 0 aliphatic heterocycles. The van der Waals surface area contributed by atoms with Crippen molar-refractivity contribution in [2.75, 3.05) is 0 Å². The van der Waals surface area contributed by atoms with Gasteiger partial charge in [-0.3, -0.25) is 0 Å². The maximum atomic E-state index is 14.1. The summed E-state index contributed by atoms with van der Waals surface area (Å²) < 4.78 is 28.1. The highest BCUT2D eigenvalue weighted by Gasteiger charge is 2.65. The minimum Gasteiger partial charge on any atom is -0.206 e. The van der Waals surface area contributed by atoms with Crippen molar-refractivity contribution in [3.8, 4) is 0 Å². The normalized spacial score (nSPS) is 49.7. The largest absolute Gasteiger partial charge is 0.253 e. The molecule has 0 spiro atoms. The van der Waals surface area contributed by atoms with E-state index in [-0.39, 0.29) is 22.7 Å². The van der Waals surface area contributed by atoms with Crippen molar-refractivity contribution in [2.24, 2.45) is 28.6 Å². The maximum Gasteiger partial charge on any atom is 0.253 e. The Kier molecular flexibility index (Phi) is 1.93. The van der Waals surface area contributed by atoms with Crippen LogP contribution in [0.1, 0.15) is 52.9 Å². The Morgan fingerprint density at radius 3 is 1.88 bits per heavy atom. The molecular weight excluding hydrogens is 206 g/mol. The van der Waals surface area contributed by atoms with Crippen LogP contribution in [0.3, 0.4) is 0 Å². The van der Waals surface area contributed by atoms with Crippen molar-refractivity contribution >= 4 is 0 Å². The monoisotopic (exact) mass is 228 g/mol. The summed E-state index contributed by atoms with van der Waals surface area (Å²) in [6, 6.07) is 0. The first-order valence-electron chi connectivity index (χ1n) is 6.62. The summed E-state index contributed by atoms with van der Waals surface area (Å²) in [6.07, 6.45) is 4.34. The minimum atomic E-state index is -2.36. The molecule has 0 amide bonds.